The van der Waals surface area contributed by atoms with E-state index in [-0.39, 0.29) is 0 Å². The Labute approximate surface area is 57.1 Å². The van der Waals surface area contributed by atoms with Crippen molar-refractivity contribution in [3.05, 3.63) is 0 Å². The zero-order chi connectivity index (χ0) is 7.07. The summed E-state index contributed by atoms with van der Waals surface area (Å²) < 4.78 is 0. The molecule has 0 heterocycles. The van der Waals surface area contributed by atoms with E-state index in [9.17, 15) is 0 Å². The third-order valence-corrected chi connectivity index (χ3v) is 2.96. The summed E-state index contributed by atoms with van der Waals surface area (Å²) in [7, 11) is 0. The molecule has 1 rings (SSSR count). The molecule has 1 nitrogen and oxygen atoms in total. The van der Waals surface area contributed by atoms with E-state index >= 15 is 0 Å². The maximum Gasteiger partial charge on any atom is 0.0462 e. The second kappa shape index (κ2) is 1.98. The topological polar surface area (TPSA) is 20.2 Å². The Kier molecular flexibility index (Phi) is 1.55. The average molecular weight is 128 g/mol. The van der Waals surface area contributed by atoms with Gasteiger partial charge in [0.2, 0.25) is 0 Å². The van der Waals surface area contributed by atoms with Crippen LogP contribution in [-0.4, -0.2) is 11.7 Å². The summed E-state index contributed by atoms with van der Waals surface area (Å²) in [5, 5.41) is 8.79. The van der Waals surface area contributed by atoms with Crippen LogP contribution < -0.4 is 0 Å². The first-order valence-corrected chi connectivity index (χ1v) is 3.69. The molecule has 1 saturated carbocycles. The standard InChI is InChI=1S/C8H16O/c1-6-7(5-9)4-8(6,2)3/h6-7,9H,4-5H2,1-3H3. The quantitative estimate of drug-likeness (QED) is 0.569. The minimum Gasteiger partial charge on any atom is -0.396 e. The lowest BCUT2D eigenvalue weighted by Gasteiger charge is -2.49. The lowest BCUT2D eigenvalue weighted by Crippen LogP contribution is -2.43. The van der Waals surface area contributed by atoms with Crippen molar-refractivity contribution >= 4 is 0 Å². The van der Waals surface area contributed by atoms with Gasteiger partial charge in [-0.05, 0) is 23.7 Å². The second-order valence-electron chi connectivity index (χ2n) is 3.92. The molecule has 2 atom stereocenters. The molecule has 0 aromatic carbocycles. The average Bonchev–Trinajstić information content (AvgIpc) is 1.82. The first-order valence-electron chi connectivity index (χ1n) is 3.69. The minimum atomic E-state index is 0.380. The highest BCUT2D eigenvalue weighted by Crippen LogP contribution is 2.49. The third-order valence-electron chi connectivity index (χ3n) is 2.96. The molecule has 1 aliphatic carbocycles. The fourth-order valence-electron chi connectivity index (χ4n) is 1.74. The van der Waals surface area contributed by atoms with E-state index in [1.165, 1.54) is 6.42 Å². The van der Waals surface area contributed by atoms with Gasteiger partial charge >= 0.3 is 0 Å². The summed E-state index contributed by atoms with van der Waals surface area (Å²) in [5.74, 6) is 1.29. The van der Waals surface area contributed by atoms with Crippen molar-refractivity contribution < 1.29 is 5.11 Å². The zero-order valence-corrected chi connectivity index (χ0v) is 6.52. The molecular formula is C8H16O. The second-order valence-corrected chi connectivity index (χ2v) is 3.92. The fraction of sp³-hybridized carbons (Fsp3) is 1.00. The van der Waals surface area contributed by atoms with E-state index in [0.717, 1.165) is 0 Å². The Balaban J connectivity index is 2.41. The summed E-state index contributed by atoms with van der Waals surface area (Å²) in [6.07, 6.45) is 1.20. The lowest BCUT2D eigenvalue weighted by molar-refractivity contribution is -0.0297. The monoisotopic (exact) mass is 128 g/mol. The third kappa shape index (κ3) is 0.983. The van der Waals surface area contributed by atoms with E-state index < -0.39 is 0 Å². The summed E-state index contributed by atoms with van der Waals surface area (Å²) in [6, 6.07) is 0. The highest BCUT2D eigenvalue weighted by atomic mass is 16.3. The van der Waals surface area contributed by atoms with E-state index in [0.29, 0.717) is 23.9 Å². The van der Waals surface area contributed by atoms with Crippen LogP contribution in [0.2, 0.25) is 0 Å². The Hall–Kier alpha value is -0.0400. The molecule has 9 heavy (non-hydrogen) atoms. The van der Waals surface area contributed by atoms with Gasteiger partial charge in [0.1, 0.15) is 0 Å². The maximum atomic E-state index is 8.79. The first-order chi connectivity index (χ1) is 4.08. The molecular weight excluding hydrogens is 112 g/mol. The van der Waals surface area contributed by atoms with Gasteiger partial charge in [-0.3, -0.25) is 0 Å². The molecule has 1 fully saturated rings. The summed E-state index contributed by atoms with van der Waals surface area (Å²) >= 11 is 0. The van der Waals surface area contributed by atoms with Gasteiger partial charge in [0.15, 0.2) is 0 Å². The molecule has 1 N–H and O–H groups in total. The number of hydrogen-bond acceptors (Lipinski definition) is 1. The molecule has 1 aliphatic rings. The minimum absolute atomic E-state index is 0.380. The van der Waals surface area contributed by atoms with Crippen molar-refractivity contribution in [2.75, 3.05) is 6.61 Å². The summed E-state index contributed by atoms with van der Waals surface area (Å²) in [4.78, 5) is 0. The van der Waals surface area contributed by atoms with Crippen LogP contribution in [-0.2, 0) is 0 Å². The van der Waals surface area contributed by atoms with Gasteiger partial charge < -0.3 is 5.11 Å². The highest BCUT2D eigenvalue weighted by Gasteiger charge is 2.43. The molecule has 0 aromatic rings. The molecule has 0 radical (unpaired) electrons. The molecule has 0 saturated heterocycles. The normalized spacial score (nSPS) is 40.0. The number of hydrogen-bond donors (Lipinski definition) is 1. The molecule has 0 amide bonds. The molecule has 0 aliphatic heterocycles. The zero-order valence-electron chi connectivity index (χ0n) is 6.52. The van der Waals surface area contributed by atoms with Crippen LogP contribution >= 0.6 is 0 Å². The largest absolute Gasteiger partial charge is 0.396 e. The Morgan fingerprint density at radius 2 is 2.11 bits per heavy atom. The number of aliphatic hydroxyl groups is 1. The van der Waals surface area contributed by atoms with Crippen LogP contribution in [0.15, 0.2) is 0 Å². The van der Waals surface area contributed by atoms with Crippen molar-refractivity contribution in [3.8, 4) is 0 Å². The van der Waals surface area contributed by atoms with Crippen LogP contribution in [0.4, 0.5) is 0 Å². The fourth-order valence-corrected chi connectivity index (χ4v) is 1.74. The SMILES string of the molecule is CC1C(CO)CC1(C)C. The number of rotatable bonds is 1. The van der Waals surface area contributed by atoms with Crippen molar-refractivity contribution in [1.29, 1.82) is 0 Å². The van der Waals surface area contributed by atoms with Crippen LogP contribution in [0, 0.1) is 17.3 Å². The van der Waals surface area contributed by atoms with Crippen LogP contribution in [0.1, 0.15) is 27.2 Å². The molecule has 0 bridgehead atoms. The lowest BCUT2D eigenvalue weighted by atomic mass is 9.57. The van der Waals surface area contributed by atoms with Crippen molar-refractivity contribution in [2.45, 2.75) is 27.2 Å². The van der Waals surface area contributed by atoms with Crippen molar-refractivity contribution in [2.24, 2.45) is 17.3 Å². The van der Waals surface area contributed by atoms with Gasteiger partial charge in [0.25, 0.3) is 0 Å². The smallest absolute Gasteiger partial charge is 0.0462 e. The van der Waals surface area contributed by atoms with Crippen LogP contribution in [0.25, 0.3) is 0 Å². The predicted octanol–water partition coefficient (Wildman–Crippen LogP) is 1.66. The van der Waals surface area contributed by atoms with Crippen LogP contribution in [0.5, 0.6) is 0 Å². The Morgan fingerprint density at radius 1 is 1.56 bits per heavy atom. The van der Waals surface area contributed by atoms with Gasteiger partial charge in [-0.15, -0.1) is 0 Å². The first kappa shape index (κ1) is 7.07. The van der Waals surface area contributed by atoms with Crippen LogP contribution in [0.3, 0.4) is 0 Å². The maximum absolute atomic E-state index is 8.79. The van der Waals surface area contributed by atoms with Gasteiger partial charge in [-0.1, -0.05) is 20.8 Å². The highest BCUT2D eigenvalue weighted by molar-refractivity contribution is 4.92. The van der Waals surface area contributed by atoms with E-state index in [1.54, 1.807) is 0 Å². The molecule has 54 valence electrons. The Morgan fingerprint density at radius 3 is 2.22 bits per heavy atom. The van der Waals surface area contributed by atoms with Crippen molar-refractivity contribution in [3.63, 3.8) is 0 Å². The molecule has 1 heteroatoms. The van der Waals surface area contributed by atoms with Gasteiger partial charge in [0, 0.05) is 6.61 Å². The van der Waals surface area contributed by atoms with Gasteiger partial charge in [0.05, 0.1) is 0 Å². The predicted molar refractivity (Wildman–Crippen MR) is 38.1 cm³/mol. The molecule has 2 unspecified atom stereocenters. The number of aliphatic hydroxyl groups excluding tert-OH is 1. The van der Waals surface area contributed by atoms with E-state index in [2.05, 4.69) is 20.8 Å². The Bertz CT molecular complexity index is 107. The van der Waals surface area contributed by atoms with Crippen molar-refractivity contribution in [1.82, 2.24) is 0 Å². The summed E-state index contributed by atoms with van der Waals surface area (Å²) in [5.41, 5.74) is 0.493. The molecule has 0 aromatic heterocycles. The van der Waals surface area contributed by atoms with Gasteiger partial charge in [-0.2, -0.15) is 0 Å². The molecule has 0 spiro atoms. The van der Waals surface area contributed by atoms with Gasteiger partial charge in [-0.25, -0.2) is 0 Å². The van der Waals surface area contributed by atoms with E-state index in [4.69, 9.17) is 5.11 Å². The summed E-state index contributed by atoms with van der Waals surface area (Å²) in [6.45, 7) is 7.14. The van der Waals surface area contributed by atoms with E-state index in [1.807, 2.05) is 0 Å².